The molecule has 7 heteroatoms. The third-order valence-corrected chi connectivity index (χ3v) is 7.54. The Morgan fingerprint density at radius 2 is 1.56 bits per heavy atom. The molecular formula is C29H32Cl2N2O2S. The Hall–Kier alpha value is -2.47. The van der Waals surface area contributed by atoms with E-state index in [4.69, 9.17) is 23.2 Å². The van der Waals surface area contributed by atoms with Gasteiger partial charge >= 0.3 is 0 Å². The summed E-state index contributed by atoms with van der Waals surface area (Å²) in [4.78, 5) is 29.9. The molecule has 0 spiro atoms. The van der Waals surface area contributed by atoms with Crippen LogP contribution in [-0.4, -0.2) is 35.1 Å². The summed E-state index contributed by atoms with van der Waals surface area (Å²) in [6.07, 6.45) is 2.54. The standard InChI is InChI=1S/C29H32Cl2N2O2S/c1-2-3-18-32-29(35)27(20-22-11-6-4-7-12-22)33(21-24-25(30)15-10-16-26(24)31)28(34)17-19-36-23-13-8-5-9-14-23/h4-16,27H,2-3,17-21H2,1H3,(H,32,35). The van der Waals surface area contributed by atoms with E-state index in [1.54, 1.807) is 34.9 Å². The summed E-state index contributed by atoms with van der Waals surface area (Å²) in [5.74, 6) is 0.325. The highest BCUT2D eigenvalue weighted by atomic mass is 35.5. The van der Waals surface area contributed by atoms with Crippen LogP contribution in [0.5, 0.6) is 0 Å². The van der Waals surface area contributed by atoms with E-state index in [1.165, 1.54) is 0 Å². The number of amides is 2. The maximum Gasteiger partial charge on any atom is 0.243 e. The van der Waals surface area contributed by atoms with Crippen molar-refractivity contribution in [1.82, 2.24) is 10.2 Å². The minimum absolute atomic E-state index is 0.110. The van der Waals surface area contributed by atoms with Crippen LogP contribution < -0.4 is 5.32 Å². The van der Waals surface area contributed by atoms with Crippen LogP contribution in [-0.2, 0) is 22.6 Å². The van der Waals surface area contributed by atoms with Gasteiger partial charge in [-0.3, -0.25) is 9.59 Å². The van der Waals surface area contributed by atoms with E-state index < -0.39 is 6.04 Å². The Balaban J connectivity index is 1.88. The highest BCUT2D eigenvalue weighted by Crippen LogP contribution is 2.28. The van der Waals surface area contributed by atoms with Crippen LogP contribution >= 0.6 is 35.0 Å². The Kier molecular flexibility index (Phi) is 11.7. The summed E-state index contributed by atoms with van der Waals surface area (Å²) in [6, 6.07) is 24.3. The zero-order chi connectivity index (χ0) is 25.8. The second-order valence-electron chi connectivity index (χ2n) is 8.48. The van der Waals surface area contributed by atoms with Gasteiger partial charge in [-0.2, -0.15) is 0 Å². The molecule has 0 aromatic heterocycles. The molecule has 0 radical (unpaired) electrons. The van der Waals surface area contributed by atoms with Crippen LogP contribution in [0.2, 0.25) is 10.0 Å². The maximum atomic E-state index is 13.7. The number of benzene rings is 3. The minimum Gasteiger partial charge on any atom is -0.354 e. The number of halogens is 2. The van der Waals surface area contributed by atoms with Gasteiger partial charge in [0.25, 0.3) is 0 Å². The molecule has 0 bridgehead atoms. The van der Waals surface area contributed by atoms with Crippen molar-refractivity contribution in [1.29, 1.82) is 0 Å². The van der Waals surface area contributed by atoms with E-state index in [0.717, 1.165) is 23.3 Å². The molecule has 3 aromatic rings. The fraction of sp³-hybridized carbons (Fsp3) is 0.310. The van der Waals surface area contributed by atoms with Gasteiger partial charge in [-0.1, -0.05) is 91.1 Å². The van der Waals surface area contributed by atoms with Crippen molar-refractivity contribution in [3.63, 3.8) is 0 Å². The molecule has 2 amide bonds. The SMILES string of the molecule is CCCCNC(=O)C(Cc1ccccc1)N(Cc1c(Cl)cccc1Cl)C(=O)CCSc1ccccc1. The van der Waals surface area contributed by atoms with Crippen LogP contribution in [0.4, 0.5) is 0 Å². The largest absolute Gasteiger partial charge is 0.354 e. The van der Waals surface area contributed by atoms with Crippen molar-refractivity contribution in [2.75, 3.05) is 12.3 Å². The molecule has 0 saturated carbocycles. The molecular weight excluding hydrogens is 511 g/mol. The number of thioether (sulfide) groups is 1. The first kappa shape index (κ1) is 28.1. The monoisotopic (exact) mass is 542 g/mol. The molecule has 190 valence electrons. The van der Waals surface area contributed by atoms with Gasteiger partial charge in [-0.15, -0.1) is 11.8 Å². The van der Waals surface area contributed by atoms with Crippen LogP contribution in [0.15, 0.2) is 83.8 Å². The van der Waals surface area contributed by atoms with Crippen molar-refractivity contribution in [2.45, 2.75) is 50.1 Å². The lowest BCUT2D eigenvalue weighted by Crippen LogP contribution is -2.50. The van der Waals surface area contributed by atoms with Crippen molar-refractivity contribution >= 4 is 46.8 Å². The van der Waals surface area contributed by atoms with Gasteiger partial charge in [-0.05, 0) is 36.2 Å². The zero-order valence-electron chi connectivity index (χ0n) is 20.5. The molecule has 36 heavy (non-hydrogen) atoms. The molecule has 0 heterocycles. The summed E-state index contributed by atoms with van der Waals surface area (Å²) in [7, 11) is 0. The molecule has 4 nitrogen and oxygen atoms in total. The number of rotatable bonds is 13. The molecule has 3 aromatic carbocycles. The van der Waals surface area contributed by atoms with Crippen molar-refractivity contribution < 1.29 is 9.59 Å². The lowest BCUT2D eigenvalue weighted by Gasteiger charge is -2.32. The van der Waals surface area contributed by atoms with Crippen LogP contribution in [0.1, 0.15) is 37.3 Å². The Labute approximate surface area is 228 Å². The van der Waals surface area contributed by atoms with Gasteiger partial charge in [0, 0.05) is 52.2 Å². The van der Waals surface area contributed by atoms with Gasteiger partial charge in [0.15, 0.2) is 0 Å². The van der Waals surface area contributed by atoms with Crippen LogP contribution in [0, 0.1) is 0 Å². The first-order chi connectivity index (χ1) is 17.5. The summed E-state index contributed by atoms with van der Waals surface area (Å²) in [5.41, 5.74) is 1.62. The Morgan fingerprint density at radius 3 is 2.19 bits per heavy atom. The Bertz CT molecular complexity index is 1090. The number of nitrogens with zero attached hydrogens (tertiary/aromatic N) is 1. The predicted molar refractivity (Wildman–Crippen MR) is 151 cm³/mol. The second kappa shape index (κ2) is 14.9. The molecule has 1 atom stereocenters. The normalized spacial score (nSPS) is 11.6. The zero-order valence-corrected chi connectivity index (χ0v) is 22.8. The Morgan fingerprint density at radius 1 is 0.917 bits per heavy atom. The number of carbonyl (C=O) groups excluding carboxylic acids is 2. The highest BCUT2D eigenvalue weighted by molar-refractivity contribution is 7.99. The topological polar surface area (TPSA) is 49.4 Å². The maximum absolute atomic E-state index is 13.7. The van der Waals surface area contributed by atoms with Gasteiger partial charge in [0.2, 0.25) is 11.8 Å². The van der Waals surface area contributed by atoms with Gasteiger partial charge in [-0.25, -0.2) is 0 Å². The molecule has 0 aliphatic carbocycles. The highest BCUT2D eigenvalue weighted by Gasteiger charge is 2.31. The van der Waals surface area contributed by atoms with Gasteiger partial charge < -0.3 is 10.2 Å². The van der Waals surface area contributed by atoms with Gasteiger partial charge in [0.1, 0.15) is 6.04 Å². The van der Waals surface area contributed by atoms with Crippen molar-refractivity contribution in [3.8, 4) is 0 Å². The smallest absolute Gasteiger partial charge is 0.243 e. The van der Waals surface area contributed by atoms with E-state index in [9.17, 15) is 9.59 Å². The van der Waals surface area contributed by atoms with Gasteiger partial charge in [0.05, 0.1) is 0 Å². The minimum atomic E-state index is -0.689. The van der Waals surface area contributed by atoms with Crippen molar-refractivity contribution in [2.24, 2.45) is 0 Å². The summed E-state index contributed by atoms with van der Waals surface area (Å²) in [6.45, 7) is 2.80. The fourth-order valence-electron chi connectivity index (χ4n) is 3.83. The van der Waals surface area contributed by atoms with E-state index in [0.29, 0.717) is 34.3 Å². The summed E-state index contributed by atoms with van der Waals surface area (Å²) < 4.78 is 0. The average molecular weight is 544 g/mol. The summed E-state index contributed by atoms with van der Waals surface area (Å²) >= 11 is 14.6. The van der Waals surface area contributed by atoms with Crippen LogP contribution in [0.25, 0.3) is 0 Å². The molecule has 0 aliphatic heterocycles. The number of nitrogens with one attached hydrogen (secondary N) is 1. The molecule has 0 fully saturated rings. The van der Waals surface area contributed by atoms with E-state index in [1.807, 2.05) is 60.7 Å². The number of unbranched alkanes of at least 4 members (excludes halogenated alkanes) is 1. The average Bonchev–Trinajstić information content (AvgIpc) is 2.89. The number of hydrogen-bond donors (Lipinski definition) is 1. The second-order valence-corrected chi connectivity index (χ2v) is 10.5. The van der Waals surface area contributed by atoms with E-state index in [-0.39, 0.29) is 24.8 Å². The van der Waals surface area contributed by atoms with E-state index in [2.05, 4.69) is 12.2 Å². The first-order valence-electron chi connectivity index (χ1n) is 12.2. The quantitative estimate of drug-likeness (QED) is 0.186. The van der Waals surface area contributed by atoms with Crippen LogP contribution in [0.3, 0.4) is 0 Å². The molecule has 0 saturated heterocycles. The number of hydrogen-bond acceptors (Lipinski definition) is 3. The van der Waals surface area contributed by atoms with E-state index >= 15 is 0 Å². The third-order valence-electron chi connectivity index (χ3n) is 5.82. The van der Waals surface area contributed by atoms with Crippen molar-refractivity contribution in [3.05, 3.63) is 100 Å². The molecule has 1 unspecified atom stereocenters. The number of carbonyl (C=O) groups is 2. The fourth-order valence-corrected chi connectivity index (χ4v) is 5.21. The first-order valence-corrected chi connectivity index (χ1v) is 14.0. The predicted octanol–water partition coefficient (Wildman–Crippen LogP) is 7.03. The molecule has 3 rings (SSSR count). The lowest BCUT2D eigenvalue weighted by atomic mass is 10.0. The lowest BCUT2D eigenvalue weighted by molar-refractivity contribution is -0.141. The summed E-state index contributed by atoms with van der Waals surface area (Å²) in [5, 5.41) is 3.98. The molecule has 1 N–H and O–H groups in total. The molecule has 0 aliphatic rings. The third kappa shape index (κ3) is 8.58.